The Kier molecular flexibility index (Phi) is 3.05. The van der Waals surface area contributed by atoms with Crippen LogP contribution in [0.15, 0.2) is 6.07 Å². The fourth-order valence-corrected chi connectivity index (χ4v) is 1.70. The molecule has 1 aromatic carbocycles. The van der Waals surface area contributed by atoms with Crippen molar-refractivity contribution in [3.05, 3.63) is 11.8 Å². The number of carboxylic acids is 1. The number of benzene rings is 1. The molecule has 0 aliphatic carbocycles. The summed E-state index contributed by atoms with van der Waals surface area (Å²) in [5.41, 5.74) is 0.399. The molecule has 0 atom stereocenters. The monoisotopic (exact) mass is 223 g/mol. The van der Waals surface area contributed by atoms with E-state index in [9.17, 15) is 4.79 Å². The lowest BCUT2D eigenvalue weighted by Gasteiger charge is -2.17. The second-order valence-corrected chi connectivity index (χ2v) is 3.78. The van der Waals surface area contributed by atoms with Gasteiger partial charge in [0.1, 0.15) is 44.9 Å². The van der Waals surface area contributed by atoms with Crippen molar-refractivity contribution in [1.82, 2.24) is 4.98 Å². The van der Waals surface area contributed by atoms with E-state index in [1.807, 2.05) is 0 Å². The fraction of sp³-hybridized carbons (Fsp3) is 0. The first-order valence-electron chi connectivity index (χ1n) is 4.90. The summed E-state index contributed by atoms with van der Waals surface area (Å²) in [6.07, 6.45) is 0. The molecule has 10 radical (unpaired) electrons. The molecule has 1 heterocycles. The highest BCUT2D eigenvalue weighted by Crippen LogP contribution is 2.03. The molecule has 18 heavy (non-hydrogen) atoms. The van der Waals surface area contributed by atoms with Gasteiger partial charge in [0.05, 0.1) is 5.52 Å². The topological polar surface area (TPSA) is 50.2 Å². The molecule has 0 saturated heterocycles. The van der Waals surface area contributed by atoms with Crippen molar-refractivity contribution in [1.29, 1.82) is 0 Å². The van der Waals surface area contributed by atoms with Crippen LogP contribution in [0.4, 0.5) is 0 Å². The van der Waals surface area contributed by atoms with Crippen LogP contribution in [0.25, 0.3) is 10.9 Å². The summed E-state index contributed by atoms with van der Waals surface area (Å²) >= 11 is 0. The van der Waals surface area contributed by atoms with Gasteiger partial charge >= 0.3 is 5.97 Å². The first-order chi connectivity index (χ1) is 8.34. The van der Waals surface area contributed by atoms with Gasteiger partial charge in [-0.3, -0.25) is 0 Å². The highest BCUT2D eigenvalue weighted by molar-refractivity contribution is 6.67. The number of aromatic nitrogens is 1. The molecule has 0 spiro atoms. The molecule has 0 saturated carbocycles. The number of rotatable bonds is 1. The number of nitrogens with zero attached hydrogens (tertiary/aromatic N) is 1. The Morgan fingerprint density at radius 2 is 1.56 bits per heavy atom. The maximum absolute atomic E-state index is 10.9. The highest BCUT2D eigenvalue weighted by atomic mass is 16.4. The molecule has 1 N–H and O–H groups in total. The number of aromatic carboxylic acids is 1. The largest absolute Gasteiger partial charge is 0.477 e. The third-order valence-electron chi connectivity index (χ3n) is 2.66. The van der Waals surface area contributed by atoms with E-state index >= 15 is 0 Å². The summed E-state index contributed by atoms with van der Waals surface area (Å²) < 4.78 is 0. The van der Waals surface area contributed by atoms with Crippen LogP contribution in [-0.4, -0.2) is 55.3 Å². The van der Waals surface area contributed by atoms with Gasteiger partial charge in [0.2, 0.25) is 0 Å². The lowest BCUT2D eigenvalue weighted by molar-refractivity contribution is 0.0691. The van der Waals surface area contributed by atoms with E-state index in [1.54, 1.807) is 0 Å². The zero-order valence-corrected chi connectivity index (χ0v) is 9.27. The van der Waals surface area contributed by atoms with Crippen molar-refractivity contribution >= 4 is 83.4 Å². The lowest BCUT2D eigenvalue weighted by Crippen LogP contribution is -2.49. The van der Waals surface area contributed by atoms with Gasteiger partial charge in [0.15, 0.2) is 0 Å². The average molecular weight is 222 g/mol. The molecule has 0 bridgehead atoms. The predicted molar refractivity (Wildman–Crippen MR) is 75.6 cm³/mol. The third kappa shape index (κ3) is 1.76. The summed E-state index contributed by atoms with van der Waals surface area (Å²) in [5.74, 6) is -1.23. The van der Waals surface area contributed by atoms with Crippen molar-refractivity contribution < 1.29 is 9.90 Å². The molecule has 3 nitrogen and oxygen atoms in total. The molecule has 0 aliphatic rings. The van der Waals surface area contributed by atoms with Crippen LogP contribution in [0.1, 0.15) is 10.5 Å². The van der Waals surface area contributed by atoms with Gasteiger partial charge in [0, 0.05) is 0 Å². The summed E-state index contributed by atoms with van der Waals surface area (Å²) in [7, 11) is 28.6. The van der Waals surface area contributed by atoms with E-state index in [1.165, 1.54) is 6.07 Å². The number of carboxylic acid groups (broad SMARTS) is 1. The standard InChI is InChI=1S/C10H2B5NO2/c11-2-1-3(10(17)18)16-9-4(2)5(12)6(13)7(14)8(9)15/h1H,(H,17,18). The predicted octanol–water partition coefficient (Wildman–Crippen LogP) is -4.10. The number of fused-ring (bicyclic) bond motifs is 1. The minimum absolute atomic E-state index is 0.0616. The van der Waals surface area contributed by atoms with Crippen molar-refractivity contribution in [2.45, 2.75) is 0 Å². The molecule has 8 heteroatoms. The summed E-state index contributed by atoms with van der Waals surface area (Å²) in [4.78, 5) is 14.8. The maximum Gasteiger partial charge on any atom is 0.354 e. The SMILES string of the molecule is [B]c1c([B])c([B])c2c([B])cc(C(=O)O)nc2c1[B]. The average Bonchev–Trinajstić information content (AvgIpc) is 2.32. The van der Waals surface area contributed by atoms with Crippen molar-refractivity contribution in [2.24, 2.45) is 0 Å². The summed E-state index contributed by atoms with van der Waals surface area (Å²) in [6.45, 7) is 0. The van der Waals surface area contributed by atoms with Crippen LogP contribution in [0, 0.1) is 0 Å². The molecule has 0 amide bonds. The lowest BCUT2D eigenvalue weighted by atomic mass is 9.64. The Balaban J connectivity index is 3.02. The number of carbonyl (C=O) groups is 1. The fourth-order valence-electron chi connectivity index (χ4n) is 1.70. The first-order valence-corrected chi connectivity index (χ1v) is 4.90. The molecule has 74 valence electrons. The zero-order valence-electron chi connectivity index (χ0n) is 9.27. The number of hydrogen-bond acceptors (Lipinski definition) is 2. The first kappa shape index (κ1) is 12.9. The Bertz CT molecular complexity index is 686. The Hall–Kier alpha value is -1.58. The normalized spacial score (nSPS) is 10.7. The van der Waals surface area contributed by atoms with Crippen molar-refractivity contribution in [2.75, 3.05) is 0 Å². The van der Waals surface area contributed by atoms with E-state index in [-0.39, 0.29) is 38.5 Å². The molecule has 0 aliphatic heterocycles. The van der Waals surface area contributed by atoms with Crippen LogP contribution in [0.3, 0.4) is 0 Å². The van der Waals surface area contributed by atoms with E-state index in [0.29, 0.717) is 5.39 Å². The molecule has 2 aromatic rings. The van der Waals surface area contributed by atoms with Gasteiger partial charge in [-0.2, -0.15) is 0 Å². The zero-order chi connectivity index (χ0) is 13.6. The van der Waals surface area contributed by atoms with Crippen LogP contribution in [-0.2, 0) is 0 Å². The van der Waals surface area contributed by atoms with Gasteiger partial charge < -0.3 is 5.11 Å². The number of hydrogen-bond donors (Lipinski definition) is 1. The van der Waals surface area contributed by atoms with Crippen LogP contribution >= 0.6 is 0 Å². The Morgan fingerprint density at radius 3 is 2.11 bits per heavy atom. The van der Waals surface area contributed by atoms with E-state index in [4.69, 9.17) is 44.3 Å². The van der Waals surface area contributed by atoms with Crippen LogP contribution in [0.5, 0.6) is 0 Å². The van der Waals surface area contributed by atoms with Gasteiger partial charge in [-0.15, -0.1) is 10.9 Å². The van der Waals surface area contributed by atoms with Crippen molar-refractivity contribution in [3.63, 3.8) is 0 Å². The maximum atomic E-state index is 10.9. The smallest absolute Gasteiger partial charge is 0.354 e. The number of pyridine rings is 1. The summed E-state index contributed by atoms with van der Waals surface area (Å²) in [6, 6.07) is 1.19. The van der Waals surface area contributed by atoms with Crippen LogP contribution in [0.2, 0.25) is 0 Å². The minimum Gasteiger partial charge on any atom is -0.477 e. The molecular weight excluding hydrogens is 220 g/mol. The van der Waals surface area contributed by atoms with Crippen molar-refractivity contribution in [3.8, 4) is 0 Å². The quantitative estimate of drug-likeness (QED) is 0.499. The second kappa shape index (κ2) is 4.27. The van der Waals surface area contributed by atoms with Gasteiger partial charge in [-0.05, 0) is 11.5 Å². The molecular formula is C10H2B5NO2. The third-order valence-corrected chi connectivity index (χ3v) is 2.66. The molecule has 0 fully saturated rings. The van der Waals surface area contributed by atoms with E-state index in [2.05, 4.69) is 4.98 Å². The molecule has 1 aromatic heterocycles. The van der Waals surface area contributed by atoms with Gasteiger partial charge in [-0.1, -0.05) is 16.4 Å². The Morgan fingerprint density at radius 1 is 1.00 bits per heavy atom. The summed E-state index contributed by atoms with van der Waals surface area (Å²) in [5, 5.41) is 9.22. The van der Waals surface area contributed by atoms with Gasteiger partial charge in [-0.25, -0.2) is 9.78 Å². The molecule has 0 unspecified atom stereocenters. The highest BCUT2D eigenvalue weighted by Gasteiger charge is 2.14. The minimum atomic E-state index is -1.23. The van der Waals surface area contributed by atoms with Gasteiger partial charge in [0.25, 0.3) is 0 Å². The van der Waals surface area contributed by atoms with Crippen LogP contribution < -0.4 is 27.3 Å². The van der Waals surface area contributed by atoms with E-state index < -0.39 is 5.97 Å². The van der Waals surface area contributed by atoms with E-state index in [0.717, 1.165) is 0 Å². The second-order valence-electron chi connectivity index (χ2n) is 3.78. The Labute approximate surface area is 110 Å². The molecule has 2 rings (SSSR count).